The predicted octanol–water partition coefficient (Wildman–Crippen LogP) is 3.37. The molecular weight excluding hydrogens is 408 g/mol. The van der Waals surface area contributed by atoms with E-state index in [2.05, 4.69) is 10.6 Å². The van der Waals surface area contributed by atoms with Crippen LogP contribution >= 0.6 is 11.3 Å². The fraction of sp³-hybridized carbons (Fsp3) is 0.300. The minimum absolute atomic E-state index is 0.00206. The lowest BCUT2D eigenvalue weighted by molar-refractivity contribution is -0.385. The van der Waals surface area contributed by atoms with Crippen molar-refractivity contribution in [2.45, 2.75) is 26.1 Å². The second kappa shape index (κ2) is 8.15. The third-order valence-corrected chi connectivity index (χ3v) is 6.13. The maximum absolute atomic E-state index is 12.7. The quantitative estimate of drug-likeness (QED) is 0.570. The Morgan fingerprint density at radius 3 is 2.97 bits per heavy atom. The first-order valence-corrected chi connectivity index (χ1v) is 10.3. The van der Waals surface area contributed by atoms with E-state index in [0.29, 0.717) is 37.2 Å². The summed E-state index contributed by atoms with van der Waals surface area (Å²) in [4.78, 5) is 38.1. The summed E-state index contributed by atoms with van der Waals surface area (Å²) in [5.41, 5.74) is 2.04. The lowest BCUT2D eigenvalue weighted by Gasteiger charge is -2.27. The molecule has 3 heterocycles. The second-order valence-corrected chi connectivity index (χ2v) is 7.95. The van der Waals surface area contributed by atoms with E-state index in [9.17, 15) is 19.7 Å². The summed E-state index contributed by atoms with van der Waals surface area (Å²) in [7, 11) is 0. The Bertz CT molecular complexity index is 1050. The summed E-state index contributed by atoms with van der Waals surface area (Å²) < 4.78 is 5.08. The molecule has 10 heteroatoms. The number of fused-ring (bicyclic) bond motifs is 3. The molecule has 0 saturated carbocycles. The standard InChI is InChI=1S/C20H20N4O5S/c1-2-29-20(26)23-10-9-13-15(11-23)30-19-17(13)18(25)21-16(22-19)8-7-12-5-3-4-6-14(12)24(27)28/h3-8,16,22H,2,9-11H2,1H3,(H,21,25)/b8-7-/t16-/m1/s1. The zero-order valence-corrected chi connectivity index (χ0v) is 17.0. The van der Waals surface area contributed by atoms with Gasteiger partial charge < -0.3 is 20.3 Å². The Hall–Kier alpha value is -3.40. The smallest absolute Gasteiger partial charge is 0.410 e. The van der Waals surface area contributed by atoms with Crippen molar-refractivity contribution in [3.8, 4) is 0 Å². The fourth-order valence-electron chi connectivity index (χ4n) is 3.60. The van der Waals surface area contributed by atoms with Crippen molar-refractivity contribution in [1.82, 2.24) is 10.2 Å². The maximum atomic E-state index is 12.7. The fourth-order valence-corrected chi connectivity index (χ4v) is 4.90. The van der Waals surface area contributed by atoms with Gasteiger partial charge in [-0.2, -0.15) is 0 Å². The molecule has 1 aromatic heterocycles. The van der Waals surface area contributed by atoms with Gasteiger partial charge in [-0.15, -0.1) is 11.3 Å². The molecule has 2 N–H and O–H groups in total. The molecule has 2 aromatic rings. The molecule has 2 amide bonds. The van der Waals surface area contributed by atoms with Crippen LogP contribution in [0.25, 0.3) is 6.08 Å². The number of rotatable bonds is 4. The summed E-state index contributed by atoms with van der Waals surface area (Å²) in [6.45, 7) is 3.00. The van der Waals surface area contributed by atoms with Gasteiger partial charge in [0, 0.05) is 17.5 Å². The third kappa shape index (κ3) is 3.73. The zero-order valence-electron chi connectivity index (χ0n) is 16.2. The van der Waals surface area contributed by atoms with Crippen LogP contribution in [0, 0.1) is 10.1 Å². The number of nitrogens with one attached hydrogen (secondary N) is 2. The van der Waals surface area contributed by atoms with Crippen LogP contribution in [0.3, 0.4) is 0 Å². The molecular formula is C20H20N4O5S. The maximum Gasteiger partial charge on any atom is 0.410 e. The Balaban J connectivity index is 1.54. The molecule has 0 saturated heterocycles. The average Bonchev–Trinajstić information content (AvgIpc) is 3.10. The van der Waals surface area contributed by atoms with Gasteiger partial charge >= 0.3 is 6.09 Å². The average molecular weight is 428 g/mol. The van der Waals surface area contributed by atoms with Crippen molar-refractivity contribution >= 4 is 40.1 Å². The number of hydrogen-bond donors (Lipinski definition) is 2. The Morgan fingerprint density at radius 2 is 2.20 bits per heavy atom. The third-order valence-electron chi connectivity index (χ3n) is 4.98. The second-order valence-electron chi connectivity index (χ2n) is 6.85. The summed E-state index contributed by atoms with van der Waals surface area (Å²) in [5.74, 6) is -0.192. The number of amides is 2. The Labute approximate surface area is 176 Å². The molecule has 30 heavy (non-hydrogen) atoms. The van der Waals surface area contributed by atoms with Crippen molar-refractivity contribution in [2.75, 3.05) is 18.5 Å². The lowest BCUT2D eigenvalue weighted by Crippen LogP contribution is -2.43. The summed E-state index contributed by atoms with van der Waals surface area (Å²) in [6, 6.07) is 6.42. The van der Waals surface area contributed by atoms with Gasteiger partial charge in [0.05, 0.1) is 29.2 Å². The van der Waals surface area contributed by atoms with Crippen molar-refractivity contribution < 1.29 is 19.2 Å². The van der Waals surface area contributed by atoms with Gasteiger partial charge in [0.25, 0.3) is 11.6 Å². The van der Waals surface area contributed by atoms with Gasteiger partial charge in [0.2, 0.25) is 0 Å². The van der Waals surface area contributed by atoms with Crippen LogP contribution in [0.1, 0.15) is 33.3 Å². The molecule has 1 aromatic carbocycles. The number of carbonyl (C=O) groups is 2. The number of para-hydroxylation sites is 1. The van der Waals surface area contributed by atoms with Gasteiger partial charge in [0.1, 0.15) is 11.2 Å². The number of ether oxygens (including phenoxy) is 1. The molecule has 9 nitrogen and oxygen atoms in total. The highest BCUT2D eigenvalue weighted by Gasteiger charge is 2.33. The molecule has 0 fully saturated rings. The van der Waals surface area contributed by atoms with Crippen LogP contribution in [0.2, 0.25) is 0 Å². The zero-order chi connectivity index (χ0) is 21.3. The first-order valence-electron chi connectivity index (χ1n) is 9.53. The molecule has 0 bridgehead atoms. The first-order chi connectivity index (χ1) is 14.5. The van der Waals surface area contributed by atoms with E-state index < -0.39 is 11.1 Å². The van der Waals surface area contributed by atoms with Crippen molar-refractivity contribution in [3.63, 3.8) is 0 Å². The summed E-state index contributed by atoms with van der Waals surface area (Å²) in [6.07, 6.45) is 3.05. The molecule has 2 aliphatic rings. The highest BCUT2D eigenvalue weighted by Crippen LogP contribution is 2.39. The molecule has 156 valence electrons. The number of carbonyl (C=O) groups excluding carboxylic acids is 2. The van der Waals surface area contributed by atoms with Crippen LogP contribution in [0.4, 0.5) is 15.5 Å². The van der Waals surface area contributed by atoms with Crippen LogP contribution in [-0.4, -0.2) is 41.1 Å². The topological polar surface area (TPSA) is 114 Å². The highest BCUT2D eigenvalue weighted by molar-refractivity contribution is 7.16. The lowest BCUT2D eigenvalue weighted by atomic mass is 10.0. The Kier molecular flexibility index (Phi) is 5.40. The Morgan fingerprint density at radius 1 is 1.40 bits per heavy atom. The van der Waals surface area contributed by atoms with Gasteiger partial charge in [-0.25, -0.2) is 4.79 Å². The largest absolute Gasteiger partial charge is 0.450 e. The number of hydrogen-bond acceptors (Lipinski definition) is 7. The molecule has 1 atom stereocenters. The van der Waals surface area contributed by atoms with Crippen molar-refractivity contribution in [2.24, 2.45) is 0 Å². The van der Waals surface area contributed by atoms with E-state index >= 15 is 0 Å². The van der Waals surface area contributed by atoms with Crippen molar-refractivity contribution in [3.05, 3.63) is 62.0 Å². The number of thiophene rings is 1. The molecule has 2 aliphatic heterocycles. The number of nitro groups is 1. The molecule has 0 radical (unpaired) electrons. The number of nitrogens with zero attached hydrogens (tertiary/aromatic N) is 2. The van der Waals surface area contributed by atoms with Gasteiger partial charge in [-0.1, -0.05) is 12.1 Å². The van der Waals surface area contributed by atoms with Gasteiger partial charge in [-0.05, 0) is 37.1 Å². The SMILES string of the molecule is CCOC(=O)N1CCc2c(sc3c2C(=O)N[C@@H](/C=C\c2ccccc2[N+](=O)[O-])N3)C1. The minimum Gasteiger partial charge on any atom is -0.450 e. The molecule has 4 rings (SSSR count). The normalized spacial score (nSPS) is 17.7. The first kappa shape index (κ1) is 19.9. The summed E-state index contributed by atoms with van der Waals surface area (Å²) >= 11 is 1.45. The van der Waals surface area contributed by atoms with E-state index in [0.717, 1.165) is 15.4 Å². The minimum atomic E-state index is -0.494. The van der Waals surface area contributed by atoms with Gasteiger partial charge in [0.15, 0.2) is 0 Å². The van der Waals surface area contributed by atoms with Crippen LogP contribution in [-0.2, 0) is 17.7 Å². The van der Waals surface area contributed by atoms with E-state index in [1.165, 1.54) is 17.4 Å². The molecule has 0 aliphatic carbocycles. The van der Waals surface area contributed by atoms with Gasteiger partial charge in [-0.3, -0.25) is 14.9 Å². The number of nitro benzene ring substituents is 1. The summed E-state index contributed by atoms with van der Waals surface area (Å²) in [5, 5.41) is 18.1. The van der Waals surface area contributed by atoms with E-state index in [-0.39, 0.29) is 17.7 Å². The van der Waals surface area contributed by atoms with E-state index in [1.807, 2.05) is 0 Å². The predicted molar refractivity (Wildman–Crippen MR) is 112 cm³/mol. The molecule has 0 spiro atoms. The number of benzene rings is 1. The van der Waals surface area contributed by atoms with E-state index in [1.54, 1.807) is 42.2 Å². The van der Waals surface area contributed by atoms with Crippen LogP contribution in [0.5, 0.6) is 0 Å². The van der Waals surface area contributed by atoms with E-state index in [4.69, 9.17) is 4.74 Å². The monoisotopic (exact) mass is 428 g/mol. The molecule has 0 unspecified atom stereocenters. The van der Waals surface area contributed by atoms with Crippen LogP contribution < -0.4 is 10.6 Å². The number of anilines is 1. The van der Waals surface area contributed by atoms with Crippen LogP contribution in [0.15, 0.2) is 30.3 Å². The highest BCUT2D eigenvalue weighted by atomic mass is 32.1. The van der Waals surface area contributed by atoms with Crippen molar-refractivity contribution in [1.29, 1.82) is 0 Å².